The summed E-state index contributed by atoms with van der Waals surface area (Å²) in [5.41, 5.74) is 3.46. The molecule has 0 atom stereocenters. The van der Waals surface area contributed by atoms with Crippen LogP contribution in [-0.4, -0.2) is 23.2 Å². The predicted octanol–water partition coefficient (Wildman–Crippen LogP) is 1.19. The van der Waals surface area contributed by atoms with E-state index in [0.717, 1.165) is 18.6 Å². The van der Waals surface area contributed by atoms with E-state index in [-0.39, 0.29) is 6.54 Å². The summed E-state index contributed by atoms with van der Waals surface area (Å²) in [7, 11) is 0. The highest BCUT2D eigenvalue weighted by molar-refractivity contribution is 5.95. The van der Waals surface area contributed by atoms with Gasteiger partial charge in [0.25, 0.3) is 5.91 Å². The number of carbonyl (C=O) groups is 1. The molecule has 0 heterocycles. The van der Waals surface area contributed by atoms with Crippen molar-refractivity contribution in [2.45, 2.75) is 24.9 Å². The van der Waals surface area contributed by atoms with Gasteiger partial charge in [0, 0.05) is 6.54 Å². The minimum absolute atomic E-state index is 0.0295. The zero-order chi connectivity index (χ0) is 13.3. The number of aliphatic hydroxyl groups is 1. The Labute approximate surface area is 103 Å². The number of hydrogen-bond acceptors (Lipinski definition) is 3. The first-order chi connectivity index (χ1) is 8.41. The Hall–Kier alpha value is -1.69. The van der Waals surface area contributed by atoms with E-state index in [2.05, 4.69) is 5.32 Å². The summed E-state index contributed by atoms with van der Waals surface area (Å²) in [6, 6.07) is 1.59. The lowest BCUT2D eigenvalue weighted by molar-refractivity contribution is -0.0300. The third-order valence-electron chi connectivity index (χ3n) is 3.17. The second-order valence-electron chi connectivity index (χ2n) is 4.62. The zero-order valence-corrected chi connectivity index (χ0v) is 9.67. The van der Waals surface area contributed by atoms with Crippen molar-refractivity contribution < 1.29 is 18.7 Å². The molecular weight excluding hydrogens is 242 g/mol. The molecular formula is C12H14F2N2O2. The second-order valence-corrected chi connectivity index (χ2v) is 4.62. The molecule has 18 heavy (non-hydrogen) atoms. The van der Waals surface area contributed by atoms with Crippen LogP contribution < -0.4 is 11.1 Å². The zero-order valence-electron chi connectivity index (χ0n) is 9.67. The molecule has 0 radical (unpaired) electrons. The Morgan fingerprint density at radius 1 is 1.44 bits per heavy atom. The number of rotatable bonds is 3. The molecule has 0 unspecified atom stereocenters. The number of anilines is 1. The molecule has 1 aliphatic rings. The van der Waals surface area contributed by atoms with Gasteiger partial charge in [0.15, 0.2) is 5.82 Å². The quantitative estimate of drug-likeness (QED) is 0.711. The van der Waals surface area contributed by atoms with Gasteiger partial charge in [-0.3, -0.25) is 4.79 Å². The van der Waals surface area contributed by atoms with Gasteiger partial charge in [-0.05, 0) is 31.4 Å². The van der Waals surface area contributed by atoms with Gasteiger partial charge in [-0.1, -0.05) is 0 Å². The van der Waals surface area contributed by atoms with Crippen molar-refractivity contribution in [2.75, 3.05) is 12.3 Å². The first-order valence-electron chi connectivity index (χ1n) is 5.66. The first kappa shape index (κ1) is 12.8. The van der Waals surface area contributed by atoms with Crippen LogP contribution in [0.1, 0.15) is 29.6 Å². The van der Waals surface area contributed by atoms with Crippen LogP contribution in [0.25, 0.3) is 0 Å². The van der Waals surface area contributed by atoms with Crippen molar-refractivity contribution in [2.24, 2.45) is 0 Å². The Balaban J connectivity index is 2.09. The molecule has 0 saturated heterocycles. The van der Waals surface area contributed by atoms with Gasteiger partial charge in [-0.25, -0.2) is 8.78 Å². The van der Waals surface area contributed by atoms with Gasteiger partial charge in [0.1, 0.15) is 5.82 Å². The Bertz CT molecular complexity index is 487. The number of halogens is 2. The van der Waals surface area contributed by atoms with E-state index >= 15 is 0 Å². The molecule has 1 aromatic carbocycles. The largest absolute Gasteiger partial charge is 0.396 e. The summed E-state index contributed by atoms with van der Waals surface area (Å²) in [5.74, 6) is -2.50. The molecule has 0 bridgehead atoms. The maximum atomic E-state index is 13.5. The van der Waals surface area contributed by atoms with Crippen LogP contribution in [-0.2, 0) is 0 Å². The van der Waals surface area contributed by atoms with Crippen LogP contribution in [0.4, 0.5) is 14.5 Å². The van der Waals surface area contributed by atoms with Crippen molar-refractivity contribution in [3.05, 3.63) is 29.3 Å². The highest BCUT2D eigenvalue weighted by atomic mass is 19.1. The lowest BCUT2D eigenvalue weighted by atomic mass is 9.80. The standard InChI is InChI=1S/C12H14F2N2O2/c13-7-4-8(10(14)9(15)5-7)11(17)16-6-12(18)2-1-3-12/h4-5,18H,1-3,6,15H2,(H,16,17). The molecule has 0 aromatic heterocycles. The molecule has 1 aliphatic carbocycles. The van der Waals surface area contributed by atoms with Gasteiger partial charge in [0.05, 0.1) is 16.9 Å². The smallest absolute Gasteiger partial charge is 0.254 e. The van der Waals surface area contributed by atoms with Crippen molar-refractivity contribution in [3.8, 4) is 0 Å². The summed E-state index contributed by atoms with van der Waals surface area (Å²) in [6.45, 7) is 0.0295. The van der Waals surface area contributed by atoms with Crippen LogP contribution in [0.2, 0.25) is 0 Å². The fourth-order valence-electron chi connectivity index (χ4n) is 1.88. The normalized spacial score (nSPS) is 17.1. The number of nitrogen functional groups attached to an aromatic ring is 1. The lowest BCUT2D eigenvalue weighted by Gasteiger charge is -2.36. The topological polar surface area (TPSA) is 75.4 Å². The third kappa shape index (κ3) is 2.43. The van der Waals surface area contributed by atoms with E-state index in [0.29, 0.717) is 12.8 Å². The van der Waals surface area contributed by atoms with Crippen molar-refractivity contribution >= 4 is 11.6 Å². The Kier molecular flexibility index (Phi) is 3.21. The lowest BCUT2D eigenvalue weighted by Crippen LogP contribution is -2.47. The van der Waals surface area contributed by atoms with Crippen LogP contribution in [0.5, 0.6) is 0 Å². The molecule has 0 spiro atoms. The average Bonchev–Trinajstić information content (AvgIpc) is 2.28. The molecule has 4 nitrogen and oxygen atoms in total. The maximum absolute atomic E-state index is 13.5. The number of nitrogens with one attached hydrogen (secondary N) is 1. The average molecular weight is 256 g/mol. The van der Waals surface area contributed by atoms with Crippen LogP contribution in [0.3, 0.4) is 0 Å². The minimum Gasteiger partial charge on any atom is -0.396 e. The summed E-state index contributed by atoms with van der Waals surface area (Å²) in [6.07, 6.45) is 2.09. The van der Waals surface area contributed by atoms with Crippen molar-refractivity contribution in [1.29, 1.82) is 0 Å². The number of amides is 1. The number of benzene rings is 1. The second kappa shape index (κ2) is 4.53. The summed E-state index contributed by atoms with van der Waals surface area (Å²) in [5, 5.41) is 12.2. The third-order valence-corrected chi connectivity index (χ3v) is 3.17. The van der Waals surface area contributed by atoms with E-state index in [1.165, 1.54) is 0 Å². The van der Waals surface area contributed by atoms with Gasteiger partial charge >= 0.3 is 0 Å². The minimum atomic E-state index is -0.950. The Morgan fingerprint density at radius 2 is 2.11 bits per heavy atom. The van der Waals surface area contributed by atoms with Gasteiger partial charge < -0.3 is 16.2 Å². The molecule has 6 heteroatoms. The highest BCUT2D eigenvalue weighted by Crippen LogP contribution is 2.30. The van der Waals surface area contributed by atoms with Gasteiger partial charge in [-0.2, -0.15) is 0 Å². The number of carbonyl (C=O) groups excluding carboxylic acids is 1. The summed E-state index contributed by atoms with van der Waals surface area (Å²) in [4.78, 5) is 11.7. The van der Waals surface area contributed by atoms with E-state index in [9.17, 15) is 18.7 Å². The van der Waals surface area contributed by atoms with Crippen molar-refractivity contribution in [3.63, 3.8) is 0 Å². The monoisotopic (exact) mass is 256 g/mol. The molecule has 2 rings (SSSR count). The molecule has 0 aliphatic heterocycles. The van der Waals surface area contributed by atoms with Gasteiger partial charge in [0.2, 0.25) is 0 Å². The highest BCUT2D eigenvalue weighted by Gasteiger charge is 2.34. The molecule has 1 aromatic rings. The van der Waals surface area contributed by atoms with Crippen molar-refractivity contribution in [1.82, 2.24) is 5.32 Å². The van der Waals surface area contributed by atoms with Gasteiger partial charge in [-0.15, -0.1) is 0 Å². The first-order valence-corrected chi connectivity index (χ1v) is 5.66. The molecule has 1 amide bonds. The van der Waals surface area contributed by atoms with Crippen LogP contribution in [0.15, 0.2) is 12.1 Å². The summed E-state index contributed by atoms with van der Waals surface area (Å²) < 4.78 is 26.6. The number of hydrogen-bond donors (Lipinski definition) is 3. The van der Waals surface area contributed by atoms with E-state index in [1.807, 2.05) is 0 Å². The fourth-order valence-corrected chi connectivity index (χ4v) is 1.88. The fraction of sp³-hybridized carbons (Fsp3) is 0.417. The van der Waals surface area contributed by atoms with E-state index in [1.54, 1.807) is 0 Å². The van der Waals surface area contributed by atoms with Crippen LogP contribution >= 0.6 is 0 Å². The number of nitrogens with two attached hydrogens (primary N) is 1. The van der Waals surface area contributed by atoms with Crippen LogP contribution in [0, 0.1) is 11.6 Å². The molecule has 1 saturated carbocycles. The molecule has 4 N–H and O–H groups in total. The molecule has 98 valence electrons. The van der Waals surface area contributed by atoms with E-state index < -0.39 is 34.4 Å². The Morgan fingerprint density at radius 3 is 2.67 bits per heavy atom. The summed E-state index contributed by atoms with van der Waals surface area (Å²) >= 11 is 0. The van der Waals surface area contributed by atoms with E-state index in [4.69, 9.17) is 5.73 Å². The predicted molar refractivity (Wildman–Crippen MR) is 61.9 cm³/mol. The maximum Gasteiger partial charge on any atom is 0.254 e. The molecule has 1 fully saturated rings. The SMILES string of the molecule is Nc1cc(F)cc(C(=O)NCC2(O)CCC2)c1F.